The van der Waals surface area contributed by atoms with Crippen LogP contribution in [0.3, 0.4) is 0 Å². The summed E-state index contributed by atoms with van der Waals surface area (Å²) in [6.45, 7) is 3.83. The van der Waals surface area contributed by atoms with E-state index in [0.29, 0.717) is 27.8 Å². The first kappa shape index (κ1) is 18.6. The third-order valence-electron chi connectivity index (χ3n) is 3.52. The molecule has 0 aliphatic carbocycles. The number of hydrogen-bond acceptors (Lipinski definition) is 7. The molecule has 3 rings (SSSR count). The minimum atomic E-state index is -2.34. The molecule has 0 unspecified atom stereocenters. The molecule has 0 aliphatic heterocycles. The van der Waals surface area contributed by atoms with Crippen molar-refractivity contribution in [1.82, 2.24) is 24.3 Å². The molecule has 0 radical (unpaired) electrons. The van der Waals surface area contributed by atoms with Crippen LogP contribution in [0.4, 0.5) is 5.82 Å². The molecule has 0 spiro atoms. The van der Waals surface area contributed by atoms with Gasteiger partial charge >= 0.3 is 0 Å². The van der Waals surface area contributed by atoms with Gasteiger partial charge in [0.1, 0.15) is 5.39 Å². The normalized spacial score (nSPS) is 12.1. The molecule has 0 saturated carbocycles. The fourth-order valence-corrected chi connectivity index (χ4v) is 3.46. The van der Waals surface area contributed by atoms with Crippen molar-refractivity contribution >= 4 is 38.3 Å². The Morgan fingerprint density at radius 2 is 1.96 bits per heavy atom. The van der Waals surface area contributed by atoms with Crippen molar-refractivity contribution < 1.29 is 4.21 Å². The Morgan fingerprint density at radius 3 is 2.58 bits per heavy atom. The molecule has 0 N–H and O–H groups in total. The highest BCUT2D eigenvalue weighted by molar-refractivity contribution is 7.98. The molecule has 3 aromatic rings. The molecule has 26 heavy (non-hydrogen) atoms. The van der Waals surface area contributed by atoms with Gasteiger partial charge in [-0.15, -0.1) is 0 Å². The first-order chi connectivity index (χ1) is 12.2. The molecule has 0 saturated heterocycles. The molecule has 138 valence electrons. The Kier molecular flexibility index (Phi) is 4.89. The van der Waals surface area contributed by atoms with Gasteiger partial charge in [-0.25, -0.2) is 28.5 Å². The summed E-state index contributed by atoms with van der Waals surface area (Å²) in [5.41, 5.74) is 0.308. The van der Waals surface area contributed by atoms with Gasteiger partial charge in [0.25, 0.3) is 5.56 Å². The highest BCUT2D eigenvalue weighted by atomic mass is 32.2. The summed E-state index contributed by atoms with van der Waals surface area (Å²) in [6, 6.07) is 5.11. The fourth-order valence-electron chi connectivity index (χ4n) is 2.57. The van der Waals surface area contributed by atoms with Gasteiger partial charge < -0.3 is 0 Å². The maximum Gasteiger partial charge on any atom is 0.278 e. The van der Waals surface area contributed by atoms with E-state index in [1.165, 1.54) is 11.8 Å². The van der Waals surface area contributed by atoms with Crippen LogP contribution in [-0.4, -0.2) is 47.3 Å². The van der Waals surface area contributed by atoms with E-state index in [-0.39, 0.29) is 11.6 Å². The van der Waals surface area contributed by atoms with Gasteiger partial charge in [0.15, 0.2) is 22.4 Å². The van der Waals surface area contributed by atoms with Crippen molar-refractivity contribution in [2.75, 3.05) is 18.8 Å². The van der Waals surface area contributed by atoms with Crippen molar-refractivity contribution in [1.29, 1.82) is 0 Å². The Bertz CT molecular complexity index is 1150. The second-order valence-corrected chi connectivity index (χ2v) is 9.59. The van der Waals surface area contributed by atoms with Crippen LogP contribution < -0.4 is 5.56 Å². The molecule has 8 nitrogen and oxygen atoms in total. The van der Waals surface area contributed by atoms with Gasteiger partial charge in [-0.2, -0.15) is 4.36 Å². The first-order valence-corrected chi connectivity index (χ1v) is 11.5. The maximum absolute atomic E-state index is 12.8. The predicted molar refractivity (Wildman–Crippen MR) is 105 cm³/mol. The Hall–Kier alpha value is -2.20. The van der Waals surface area contributed by atoms with Crippen molar-refractivity contribution in [2.24, 2.45) is 4.36 Å². The lowest BCUT2D eigenvalue weighted by molar-refractivity contribution is 0.471. The van der Waals surface area contributed by atoms with E-state index in [1.54, 1.807) is 46.3 Å². The average molecular weight is 393 g/mol. The number of rotatable bonds is 4. The highest BCUT2D eigenvalue weighted by Gasteiger charge is 2.20. The number of aromatic nitrogens is 5. The number of pyridine rings is 1. The van der Waals surface area contributed by atoms with Gasteiger partial charge in [-0.1, -0.05) is 17.8 Å². The van der Waals surface area contributed by atoms with Crippen LogP contribution in [0.2, 0.25) is 0 Å². The molecule has 0 amide bonds. The molecule has 10 heteroatoms. The van der Waals surface area contributed by atoms with Crippen LogP contribution in [0, 0.1) is 0 Å². The van der Waals surface area contributed by atoms with E-state index in [4.69, 9.17) is 0 Å². The molecule has 0 aliphatic rings. The SMILES string of the molecule is CSc1ncc2c(=O)n(C(C)C)n(-c3cccc(N=S(C)(C)=O)n3)c2n1. The number of fused-ring (bicyclic) bond motifs is 1. The molecule has 0 fully saturated rings. The van der Waals surface area contributed by atoms with E-state index in [0.717, 1.165) is 0 Å². The lowest BCUT2D eigenvalue weighted by Crippen LogP contribution is -2.24. The lowest BCUT2D eigenvalue weighted by Gasteiger charge is -2.14. The van der Waals surface area contributed by atoms with Crippen molar-refractivity contribution in [2.45, 2.75) is 25.0 Å². The van der Waals surface area contributed by atoms with Crippen LogP contribution in [0.25, 0.3) is 16.9 Å². The van der Waals surface area contributed by atoms with Crippen molar-refractivity contribution in [3.63, 3.8) is 0 Å². The first-order valence-electron chi connectivity index (χ1n) is 7.90. The third kappa shape index (κ3) is 3.51. The summed E-state index contributed by atoms with van der Waals surface area (Å²) < 4.78 is 19.4. The van der Waals surface area contributed by atoms with Crippen LogP contribution in [0.1, 0.15) is 19.9 Å². The van der Waals surface area contributed by atoms with Gasteiger partial charge in [0.2, 0.25) is 0 Å². The topological polar surface area (TPSA) is 95.0 Å². The Morgan fingerprint density at radius 1 is 1.23 bits per heavy atom. The smallest absolute Gasteiger partial charge is 0.267 e. The number of thioether (sulfide) groups is 1. The van der Waals surface area contributed by atoms with E-state index < -0.39 is 9.73 Å². The molecule has 0 atom stereocenters. The molecule has 0 bridgehead atoms. The largest absolute Gasteiger partial charge is 0.278 e. The zero-order valence-electron chi connectivity index (χ0n) is 15.2. The predicted octanol–water partition coefficient (Wildman–Crippen LogP) is 2.64. The monoisotopic (exact) mass is 392 g/mol. The van der Waals surface area contributed by atoms with Crippen LogP contribution in [0.5, 0.6) is 0 Å². The third-order valence-corrected chi connectivity index (χ3v) is 4.71. The van der Waals surface area contributed by atoms with E-state index in [9.17, 15) is 9.00 Å². The molecule has 3 heterocycles. The number of nitrogens with zero attached hydrogens (tertiary/aromatic N) is 6. The zero-order valence-corrected chi connectivity index (χ0v) is 16.8. The molecular weight excluding hydrogens is 372 g/mol. The number of hydrogen-bond donors (Lipinski definition) is 0. The van der Waals surface area contributed by atoms with Crippen LogP contribution >= 0.6 is 11.8 Å². The molecule has 3 aromatic heterocycles. The molecule has 0 aromatic carbocycles. The summed E-state index contributed by atoms with van der Waals surface area (Å²) in [4.78, 5) is 26.0. The molecular formula is C16H20N6O2S2. The van der Waals surface area contributed by atoms with Gasteiger partial charge in [-0.05, 0) is 32.2 Å². The van der Waals surface area contributed by atoms with Crippen LogP contribution in [0.15, 0.2) is 38.7 Å². The fraction of sp³-hybridized carbons (Fsp3) is 0.375. The Labute approximate surface area is 155 Å². The van der Waals surface area contributed by atoms with Gasteiger partial charge in [0.05, 0.1) is 0 Å². The second-order valence-electron chi connectivity index (χ2n) is 6.28. The van der Waals surface area contributed by atoms with E-state index in [2.05, 4.69) is 19.3 Å². The second kappa shape index (κ2) is 6.84. The quantitative estimate of drug-likeness (QED) is 0.500. The minimum Gasteiger partial charge on any atom is -0.267 e. The minimum absolute atomic E-state index is 0.113. The lowest BCUT2D eigenvalue weighted by atomic mass is 10.4. The van der Waals surface area contributed by atoms with Gasteiger partial charge in [0, 0.05) is 34.5 Å². The van der Waals surface area contributed by atoms with E-state index >= 15 is 0 Å². The summed E-state index contributed by atoms with van der Waals surface area (Å²) in [5, 5.41) is 0.994. The van der Waals surface area contributed by atoms with Crippen molar-refractivity contribution in [3.05, 3.63) is 34.7 Å². The summed E-state index contributed by atoms with van der Waals surface area (Å²) in [7, 11) is -2.34. The Balaban J connectivity index is 2.37. The van der Waals surface area contributed by atoms with Crippen LogP contribution in [-0.2, 0) is 9.73 Å². The summed E-state index contributed by atoms with van der Waals surface area (Å²) >= 11 is 1.40. The standard InChI is InChI=1S/C16H20N6O2S2/c1-10(2)21-15(23)11-9-17-16(25-3)19-14(11)22(21)13-8-6-7-12(18-13)20-26(4,5)24/h6-10H,1-5H3. The summed E-state index contributed by atoms with van der Waals surface area (Å²) in [6.07, 6.45) is 6.52. The average Bonchev–Trinajstić information content (AvgIpc) is 2.86. The summed E-state index contributed by atoms with van der Waals surface area (Å²) in [5.74, 6) is 0.836. The van der Waals surface area contributed by atoms with Crippen molar-refractivity contribution in [3.8, 4) is 5.82 Å². The highest BCUT2D eigenvalue weighted by Crippen LogP contribution is 2.21. The van der Waals surface area contributed by atoms with E-state index in [1.807, 2.05) is 20.1 Å². The zero-order chi connectivity index (χ0) is 19.1. The van der Waals surface area contributed by atoms with Gasteiger partial charge in [-0.3, -0.25) is 4.79 Å². The maximum atomic E-state index is 12.8.